The molecule has 4 rings (SSSR count). The Balaban J connectivity index is 1.66. The molecule has 190 valence electrons. The summed E-state index contributed by atoms with van der Waals surface area (Å²) in [6.45, 7) is 5.61. The van der Waals surface area contributed by atoms with Gasteiger partial charge in [0.15, 0.2) is 0 Å². The molecule has 0 fully saturated rings. The molecule has 1 aromatic heterocycles. The molecule has 3 aromatic carbocycles. The molecule has 0 saturated heterocycles. The molecule has 4 aromatic rings. The Morgan fingerprint density at radius 2 is 1.70 bits per heavy atom. The van der Waals surface area contributed by atoms with E-state index in [1.165, 1.54) is 6.08 Å². The van der Waals surface area contributed by atoms with Crippen molar-refractivity contribution in [3.63, 3.8) is 0 Å². The minimum atomic E-state index is -0.508. The second-order valence-electron chi connectivity index (χ2n) is 8.96. The van der Waals surface area contributed by atoms with Crippen LogP contribution in [0.2, 0.25) is 0 Å². The van der Waals surface area contributed by atoms with Crippen LogP contribution in [-0.2, 0) is 22.6 Å². The first-order valence-corrected chi connectivity index (χ1v) is 12.1. The number of methoxy groups -OCH3 is 1. The van der Waals surface area contributed by atoms with Gasteiger partial charge >= 0.3 is 11.6 Å². The van der Waals surface area contributed by atoms with Crippen LogP contribution in [0.5, 0.6) is 11.5 Å². The number of hydrogen-bond acceptors (Lipinski definition) is 6. The topological polar surface area (TPSA) is 75.0 Å². The molecular formula is C31H30O6. The van der Waals surface area contributed by atoms with Crippen LogP contribution in [0.1, 0.15) is 41.7 Å². The number of benzene rings is 3. The van der Waals surface area contributed by atoms with Crippen molar-refractivity contribution in [2.24, 2.45) is 0 Å². The van der Waals surface area contributed by atoms with Gasteiger partial charge in [-0.3, -0.25) is 0 Å². The van der Waals surface area contributed by atoms with E-state index in [9.17, 15) is 9.59 Å². The van der Waals surface area contributed by atoms with Gasteiger partial charge in [0.2, 0.25) is 0 Å². The van der Waals surface area contributed by atoms with Gasteiger partial charge in [-0.2, -0.15) is 0 Å². The van der Waals surface area contributed by atoms with E-state index < -0.39 is 11.6 Å². The number of carbonyl (C=O) groups is 1. The minimum Gasteiger partial charge on any atom is -0.497 e. The average Bonchev–Trinajstić information content (AvgIpc) is 2.90. The SMILES string of the molecule is COc1ccc(Cc2c(C)c3ccc(OC(C)C)c(COC(=O)/C=C/c4ccccc4)c3oc2=O)cc1. The highest BCUT2D eigenvalue weighted by molar-refractivity contribution is 5.88. The lowest BCUT2D eigenvalue weighted by atomic mass is 9.98. The van der Waals surface area contributed by atoms with Gasteiger partial charge in [-0.25, -0.2) is 9.59 Å². The largest absolute Gasteiger partial charge is 0.497 e. The van der Waals surface area contributed by atoms with Crippen molar-refractivity contribution in [2.45, 2.75) is 39.9 Å². The summed E-state index contributed by atoms with van der Waals surface area (Å²) in [5.74, 6) is 0.751. The molecule has 0 unspecified atom stereocenters. The zero-order valence-corrected chi connectivity index (χ0v) is 21.4. The lowest BCUT2D eigenvalue weighted by molar-refractivity contribution is -0.138. The maximum atomic E-state index is 13.1. The summed E-state index contributed by atoms with van der Waals surface area (Å²) in [6, 6.07) is 20.8. The predicted octanol–water partition coefficient (Wildman–Crippen LogP) is 6.24. The molecule has 0 spiro atoms. The summed E-state index contributed by atoms with van der Waals surface area (Å²) in [5.41, 5.74) is 3.69. The van der Waals surface area contributed by atoms with Crippen LogP contribution in [0, 0.1) is 6.92 Å². The molecule has 1 heterocycles. The van der Waals surface area contributed by atoms with Crippen molar-refractivity contribution in [3.05, 3.63) is 111 Å². The fraction of sp³-hybridized carbons (Fsp3) is 0.226. The molecule has 0 aliphatic carbocycles. The van der Waals surface area contributed by atoms with Crippen molar-refractivity contribution in [3.8, 4) is 11.5 Å². The van der Waals surface area contributed by atoms with Crippen LogP contribution in [-0.4, -0.2) is 19.2 Å². The number of ether oxygens (including phenoxy) is 3. The van der Waals surface area contributed by atoms with Gasteiger partial charge in [-0.05, 0) is 67.8 Å². The number of hydrogen-bond donors (Lipinski definition) is 0. The summed E-state index contributed by atoms with van der Waals surface area (Å²) >= 11 is 0. The summed E-state index contributed by atoms with van der Waals surface area (Å²) in [7, 11) is 1.61. The molecule has 0 saturated carbocycles. The predicted molar refractivity (Wildman–Crippen MR) is 144 cm³/mol. The zero-order chi connectivity index (χ0) is 26.4. The Hall–Kier alpha value is -4.32. The first kappa shape index (κ1) is 25.8. The normalized spacial score (nSPS) is 11.3. The van der Waals surface area contributed by atoms with Gasteiger partial charge < -0.3 is 18.6 Å². The molecule has 37 heavy (non-hydrogen) atoms. The molecule has 0 amide bonds. The third kappa shape index (κ3) is 6.28. The minimum absolute atomic E-state index is 0.0996. The van der Waals surface area contributed by atoms with Crippen molar-refractivity contribution < 1.29 is 23.4 Å². The summed E-state index contributed by atoms with van der Waals surface area (Å²) in [6.07, 6.45) is 3.37. The number of rotatable bonds is 9. The van der Waals surface area contributed by atoms with Crippen LogP contribution >= 0.6 is 0 Å². The third-order valence-electron chi connectivity index (χ3n) is 5.99. The van der Waals surface area contributed by atoms with E-state index in [0.29, 0.717) is 28.9 Å². The fourth-order valence-electron chi connectivity index (χ4n) is 4.06. The molecule has 0 radical (unpaired) electrons. The Bertz CT molecular complexity index is 1460. The molecule has 0 atom stereocenters. The lowest BCUT2D eigenvalue weighted by Crippen LogP contribution is -2.14. The fourth-order valence-corrected chi connectivity index (χ4v) is 4.06. The Morgan fingerprint density at radius 3 is 2.38 bits per heavy atom. The molecule has 0 bridgehead atoms. The van der Waals surface area contributed by atoms with Crippen molar-refractivity contribution >= 4 is 23.0 Å². The first-order valence-electron chi connectivity index (χ1n) is 12.1. The van der Waals surface area contributed by atoms with E-state index in [1.54, 1.807) is 13.2 Å². The van der Waals surface area contributed by atoms with Gasteiger partial charge in [0.1, 0.15) is 23.7 Å². The number of aryl methyl sites for hydroxylation is 1. The Morgan fingerprint density at radius 1 is 0.973 bits per heavy atom. The van der Waals surface area contributed by atoms with Gasteiger partial charge in [-0.1, -0.05) is 42.5 Å². The lowest BCUT2D eigenvalue weighted by Gasteiger charge is -2.17. The van der Waals surface area contributed by atoms with Crippen molar-refractivity contribution in [2.75, 3.05) is 7.11 Å². The highest BCUT2D eigenvalue weighted by atomic mass is 16.5. The van der Waals surface area contributed by atoms with Crippen LogP contribution < -0.4 is 15.1 Å². The number of carbonyl (C=O) groups excluding carboxylic acids is 1. The molecule has 0 N–H and O–H groups in total. The quantitative estimate of drug-likeness (QED) is 0.154. The Labute approximate surface area is 216 Å². The van der Waals surface area contributed by atoms with Crippen molar-refractivity contribution in [1.29, 1.82) is 0 Å². The van der Waals surface area contributed by atoms with E-state index in [2.05, 4.69) is 0 Å². The maximum absolute atomic E-state index is 13.1. The number of esters is 1. The highest BCUT2D eigenvalue weighted by Crippen LogP contribution is 2.32. The summed E-state index contributed by atoms with van der Waals surface area (Å²) < 4.78 is 22.5. The van der Waals surface area contributed by atoms with Gasteiger partial charge in [-0.15, -0.1) is 0 Å². The maximum Gasteiger partial charge on any atom is 0.340 e. The Kier molecular flexibility index (Phi) is 8.08. The van der Waals surface area contributed by atoms with Crippen LogP contribution in [0.15, 0.2) is 82.0 Å². The molecule has 6 heteroatoms. The smallest absolute Gasteiger partial charge is 0.340 e. The van der Waals surface area contributed by atoms with E-state index >= 15 is 0 Å². The van der Waals surface area contributed by atoms with Gasteiger partial charge in [0.05, 0.1) is 18.8 Å². The van der Waals surface area contributed by atoms with Crippen LogP contribution in [0.25, 0.3) is 17.0 Å². The van der Waals surface area contributed by atoms with Crippen LogP contribution in [0.4, 0.5) is 0 Å². The summed E-state index contributed by atoms with van der Waals surface area (Å²) in [5, 5.41) is 0.769. The first-order chi connectivity index (χ1) is 17.9. The van der Waals surface area contributed by atoms with E-state index in [0.717, 1.165) is 27.8 Å². The summed E-state index contributed by atoms with van der Waals surface area (Å²) in [4.78, 5) is 25.6. The van der Waals surface area contributed by atoms with E-state index in [4.69, 9.17) is 18.6 Å². The third-order valence-corrected chi connectivity index (χ3v) is 5.99. The van der Waals surface area contributed by atoms with E-state index in [1.807, 2.05) is 87.5 Å². The van der Waals surface area contributed by atoms with E-state index in [-0.39, 0.29) is 12.7 Å². The van der Waals surface area contributed by atoms with Crippen molar-refractivity contribution in [1.82, 2.24) is 0 Å². The highest BCUT2D eigenvalue weighted by Gasteiger charge is 2.19. The second-order valence-corrected chi connectivity index (χ2v) is 8.96. The zero-order valence-electron chi connectivity index (χ0n) is 21.4. The molecule has 0 aliphatic rings. The monoisotopic (exact) mass is 498 g/mol. The average molecular weight is 499 g/mol. The molecule has 0 aliphatic heterocycles. The molecular weight excluding hydrogens is 468 g/mol. The molecule has 6 nitrogen and oxygen atoms in total. The standard InChI is InChI=1S/C31H30O6/c1-20(2)36-28-16-15-25-21(3)26(18-23-10-13-24(34-4)14-11-23)31(33)37-30(25)27(28)19-35-29(32)17-12-22-8-6-5-7-9-22/h5-17,20H,18-19H2,1-4H3/b17-12+. The van der Waals surface area contributed by atoms with Crippen LogP contribution in [0.3, 0.4) is 0 Å². The van der Waals surface area contributed by atoms with Gasteiger partial charge in [0.25, 0.3) is 0 Å². The number of fused-ring (bicyclic) bond motifs is 1. The second kappa shape index (κ2) is 11.6. The van der Waals surface area contributed by atoms with Gasteiger partial charge in [0, 0.05) is 23.4 Å².